The number of hydrogen-bond acceptors (Lipinski definition) is 3. The molecule has 0 spiro atoms. The van der Waals surface area contributed by atoms with Crippen LogP contribution in [0, 0.1) is 0 Å². The second kappa shape index (κ2) is 5.99. The summed E-state index contributed by atoms with van der Waals surface area (Å²) in [5.41, 5.74) is 0. The maximum atomic E-state index is 3.49. The second-order valence-electron chi connectivity index (χ2n) is 5.50. The predicted octanol–water partition coefficient (Wildman–Crippen LogP) is 1.15. The van der Waals surface area contributed by atoms with E-state index in [9.17, 15) is 0 Å². The molecule has 0 aromatic carbocycles. The molecule has 2 aliphatic rings. The molecule has 2 aliphatic heterocycles. The predicted molar refractivity (Wildman–Crippen MR) is 68.8 cm³/mol. The third kappa shape index (κ3) is 3.19. The highest BCUT2D eigenvalue weighted by atomic mass is 15.2. The lowest BCUT2D eigenvalue weighted by Crippen LogP contribution is -2.47. The Morgan fingerprint density at radius 3 is 2.44 bits per heavy atom. The number of piperidine rings is 1. The first kappa shape index (κ1) is 12.3. The second-order valence-corrected chi connectivity index (χ2v) is 5.50. The van der Waals surface area contributed by atoms with E-state index in [-0.39, 0.29) is 0 Å². The molecule has 2 heterocycles. The van der Waals surface area contributed by atoms with Crippen molar-refractivity contribution in [1.29, 1.82) is 0 Å². The summed E-state index contributed by atoms with van der Waals surface area (Å²) in [7, 11) is 0. The number of nitrogens with one attached hydrogen (secondary N) is 1. The van der Waals surface area contributed by atoms with Crippen molar-refractivity contribution in [3.05, 3.63) is 0 Å². The third-order valence-electron chi connectivity index (χ3n) is 4.12. The smallest absolute Gasteiger partial charge is 0.0120 e. The molecule has 0 aromatic heterocycles. The summed E-state index contributed by atoms with van der Waals surface area (Å²) >= 11 is 0. The van der Waals surface area contributed by atoms with Gasteiger partial charge in [-0.1, -0.05) is 0 Å². The molecule has 3 nitrogen and oxygen atoms in total. The van der Waals surface area contributed by atoms with E-state index in [1.165, 1.54) is 58.5 Å². The molecule has 2 fully saturated rings. The summed E-state index contributed by atoms with van der Waals surface area (Å²) < 4.78 is 0. The van der Waals surface area contributed by atoms with Gasteiger partial charge < -0.3 is 10.2 Å². The molecule has 0 saturated carbocycles. The van der Waals surface area contributed by atoms with Gasteiger partial charge in [0.25, 0.3) is 0 Å². The van der Waals surface area contributed by atoms with E-state index in [1.54, 1.807) is 0 Å². The first-order chi connectivity index (χ1) is 7.77. The molecule has 16 heavy (non-hydrogen) atoms. The van der Waals surface area contributed by atoms with E-state index < -0.39 is 0 Å². The average Bonchev–Trinajstić information content (AvgIpc) is 2.57. The van der Waals surface area contributed by atoms with Gasteiger partial charge in [0.1, 0.15) is 0 Å². The molecule has 2 saturated heterocycles. The number of likely N-dealkylation sites (tertiary alicyclic amines) is 1. The molecule has 0 bridgehead atoms. The molecule has 0 aliphatic carbocycles. The Bertz CT molecular complexity index is 189. The highest BCUT2D eigenvalue weighted by Crippen LogP contribution is 2.18. The van der Waals surface area contributed by atoms with Crippen molar-refractivity contribution in [3.63, 3.8) is 0 Å². The third-order valence-corrected chi connectivity index (χ3v) is 4.12. The zero-order chi connectivity index (χ0) is 11.4. The van der Waals surface area contributed by atoms with Gasteiger partial charge in [0, 0.05) is 25.2 Å². The van der Waals surface area contributed by atoms with E-state index in [2.05, 4.69) is 29.0 Å². The minimum Gasteiger partial charge on any atom is -0.315 e. The SMILES string of the molecule is CC(C)N1CCC(N2CCCNCC2)CC1. The summed E-state index contributed by atoms with van der Waals surface area (Å²) in [5.74, 6) is 0. The average molecular weight is 225 g/mol. The fourth-order valence-corrected chi connectivity index (χ4v) is 3.00. The molecular formula is C13H27N3. The summed E-state index contributed by atoms with van der Waals surface area (Å²) in [6.45, 7) is 12.2. The van der Waals surface area contributed by atoms with Crippen LogP contribution in [0.4, 0.5) is 0 Å². The van der Waals surface area contributed by atoms with Crippen LogP contribution in [-0.4, -0.2) is 61.2 Å². The molecular weight excluding hydrogens is 198 g/mol. The van der Waals surface area contributed by atoms with Gasteiger partial charge in [0.2, 0.25) is 0 Å². The van der Waals surface area contributed by atoms with Crippen molar-refractivity contribution in [2.24, 2.45) is 0 Å². The van der Waals surface area contributed by atoms with Gasteiger partial charge >= 0.3 is 0 Å². The van der Waals surface area contributed by atoms with Gasteiger partial charge in [-0.25, -0.2) is 0 Å². The van der Waals surface area contributed by atoms with Crippen molar-refractivity contribution in [1.82, 2.24) is 15.1 Å². The van der Waals surface area contributed by atoms with E-state index in [0.717, 1.165) is 12.1 Å². The zero-order valence-electron chi connectivity index (χ0n) is 10.9. The van der Waals surface area contributed by atoms with Crippen molar-refractivity contribution < 1.29 is 0 Å². The molecule has 3 heteroatoms. The van der Waals surface area contributed by atoms with Crippen LogP contribution < -0.4 is 5.32 Å². The van der Waals surface area contributed by atoms with Gasteiger partial charge in [0.15, 0.2) is 0 Å². The lowest BCUT2D eigenvalue weighted by Gasteiger charge is -2.39. The van der Waals surface area contributed by atoms with Crippen LogP contribution in [0.1, 0.15) is 33.1 Å². The van der Waals surface area contributed by atoms with Gasteiger partial charge in [-0.15, -0.1) is 0 Å². The van der Waals surface area contributed by atoms with Crippen LogP contribution >= 0.6 is 0 Å². The summed E-state index contributed by atoms with van der Waals surface area (Å²) in [4.78, 5) is 5.34. The number of rotatable bonds is 2. The zero-order valence-corrected chi connectivity index (χ0v) is 10.9. The molecule has 0 radical (unpaired) electrons. The van der Waals surface area contributed by atoms with Gasteiger partial charge in [-0.3, -0.25) is 4.90 Å². The summed E-state index contributed by atoms with van der Waals surface area (Å²) in [5, 5.41) is 3.49. The monoisotopic (exact) mass is 225 g/mol. The quantitative estimate of drug-likeness (QED) is 0.761. The standard InChI is InChI=1S/C13H27N3/c1-12(2)15-9-4-13(5-10-15)16-8-3-6-14-7-11-16/h12-14H,3-11H2,1-2H3. The van der Waals surface area contributed by atoms with Gasteiger partial charge in [-0.2, -0.15) is 0 Å². The van der Waals surface area contributed by atoms with Crippen molar-refractivity contribution in [3.8, 4) is 0 Å². The Labute approximate surface area is 100 Å². The van der Waals surface area contributed by atoms with Gasteiger partial charge in [-0.05, 0) is 59.3 Å². The lowest BCUT2D eigenvalue weighted by molar-refractivity contribution is 0.0962. The number of hydrogen-bond donors (Lipinski definition) is 1. The van der Waals surface area contributed by atoms with Crippen LogP contribution in [0.3, 0.4) is 0 Å². The molecule has 0 amide bonds. The minimum absolute atomic E-state index is 0.728. The van der Waals surface area contributed by atoms with Crippen LogP contribution in [-0.2, 0) is 0 Å². The van der Waals surface area contributed by atoms with Crippen LogP contribution in [0.2, 0.25) is 0 Å². The maximum Gasteiger partial charge on any atom is 0.0120 e. The fraction of sp³-hybridized carbons (Fsp3) is 1.00. The normalized spacial score (nSPS) is 27.2. The molecule has 0 unspecified atom stereocenters. The Kier molecular flexibility index (Phi) is 4.62. The first-order valence-electron chi connectivity index (χ1n) is 6.96. The fourth-order valence-electron chi connectivity index (χ4n) is 3.00. The molecule has 0 aromatic rings. The lowest BCUT2D eigenvalue weighted by atomic mass is 10.0. The largest absolute Gasteiger partial charge is 0.315 e. The Balaban J connectivity index is 1.78. The Morgan fingerprint density at radius 2 is 1.75 bits per heavy atom. The highest BCUT2D eigenvalue weighted by Gasteiger charge is 2.25. The highest BCUT2D eigenvalue weighted by molar-refractivity contribution is 4.82. The Hall–Kier alpha value is -0.120. The summed E-state index contributed by atoms with van der Waals surface area (Å²) in [6, 6.07) is 1.58. The topological polar surface area (TPSA) is 18.5 Å². The van der Waals surface area contributed by atoms with Gasteiger partial charge in [0.05, 0.1) is 0 Å². The van der Waals surface area contributed by atoms with Crippen molar-refractivity contribution in [2.45, 2.75) is 45.2 Å². The first-order valence-corrected chi connectivity index (χ1v) is 6.96. The molecule has 94 valence electrons. The number of nitrogens with zero attached hydrogens (tertiary/aromatic N) is 2. The van der Waals surface area contributed by atoms with Crippen LogP contribution in [0.15, 0.2) is 0 Å². The maximum absolute atomic E-state index is 3.49. The minimum atomic E-state index is 0.728. The molecule has 1 N–H and O–H groups in total. The van der Waals surface area contributed by atoms with Crippen LogP contribution in [0.5, 0.6) is 0 Å². The van der Waals surface area contributed by atoms with E-state index in [4.69, 9.17) is 0 Å². The van der Waals surface area contributed by atoms with Crippen molar-refractivity contribution in [2.75, 3.05) is 39.3 Å². The van der Waals surface area contributed by atoms with E-state index in [1.807, 2.05) is 0 Å². The van der Waals surface area contributed by atoms with E-state index >= 15 is 0 Å². The molecule has 2 rings (SSSR count). The van der Waals surface area contributed by atoms with Crippen molar-refractivity contribution >= 4 is 0 Å². The van der Waals surface area contributed by atoms with E-state index in [0.29, 0.717) is 0 Å². The summed E-state index contributed by atoms with van der Waals surface area (Å²) in [6.07, 6.45) is 4.07. The Morgan fingerprint density at radius 1 is 1.00 bits per heavy atom. The van der Waals surface area contributed by atoms with Crippen LogP contribution in [0.25, 0.3) is 0 Å². The molecule has 0 atom stereocenters.